The van der Waals surface area contributed by atoms with Gasteiger partial charge in [0.05, 0.1) is 24.6 Å². The Morgan fingerprint density at radius 1 is 0.786 bits per heavy atom. The zero-order chi connectivity index (χ0) is 18.4. The lowest BCUT2D eigenvalue weighted by Gasteiger charge is -2.11. The Labute approximate surface area is 187 Å². The molecule has 0 saturated carbocycles. The Morgan fingerprint density at radius 3 is 1.46 bits per heavy atom. The molecule has 12 heteroatoms. The van der Waals surface area contributed by atoms with Crippen LogP contribution in [0.2, 0.25) is 0 Å². The minimum Gasteiger partial charge on any atom is -0.506 e. The number of aromatic nitrogens is 2. The number of pyridine rings is 2. The molecule has 0 radical (unpaired) electrons. The van der Waals surface area contributed by atoms with E-state index in [-0.39, 0.29) is 55.0 Å². The van der Waals surface area contributed by atoms with Crippen LogP contribution >= 0.6 is 56.2 Å². The first kappa shape index (κ1) is 29.6. The summed E-state index contributed by atoms with van der Waals surface area (Å²) in [4.78, 5) is 8.24. The molecule has 0 aliphatic rings. The lowest BCUT2D eigenvalue weighted by molar-refractivity contribution is 0.273. The van der Waals surface area contributed by atoms with Gasteiger partial charge in [0.25, 0.3) is 0 Å². The largest absolute Gasteiger partial charge is 0.506 e. The molecule has 160 valence electrons. The zero-order valence-corrected chi connectivity index (χ0v) is 19.3. The van der Waals surface area contributed by atoms with Crippen LogP contribution in [0, 0.1) is 13.8 Å². The molecule has 28 heavy (non-hydrogen) atoms. The van der Waals surface area contributed by atoms with E-state index in [1.165, 1.54) is 0 Å². The number of hydrogen-bond donors (Lipinski definition) is 4. The summed E-state index contributed by atoms with van der Waals surface area (Å²) in [6.45, 7) is 2.94. The third-order valence-corrected chi connectivity index (χ3v) is 7.77. The number of aromatic hydroxyl groups is 2. The molecule has 2 heterocycles. The summed E-state index contributed by atoms with van der Waals surface area (Å²) in [5, 5.41) is 38.7. The molecule has 2 aromatic heterocycles. The van der Waals surface area contributed by atoms with Crippen molar-refractivity contribution < 1.29 is 25.9 Å². The van der Waals surface area contributed by atoms with Crippen molar-refractivity contribution in [3.8, 4) is 11.5 Å². The highest BCUT2D eigenvalue weighted by Crippen LogP contribution is 2.41. The van der Waals surface area contributed by atoms with E-state index in [0.29, 0.717) is 34.0 Å². The fourth-order valence-electron chi connectivity index (χ4n) is 2.18. The Bertz CT molecular complexity index is 695. The van der Waals surface area contributed by atoms with Crippen LogP contribution in [-0.4, -0.2) is 35.9 Å². The van der Waals surface area contributed by atoms with E-state index in [0.717, 1.165) is 11.1 Å². The number of halogens is 2. The molecule has 2 aromatic rings. The molecule has 0 fully saturated rings. The van der Waals surface area contributed by atoms with Crippen LogP contribution in [-0.2, 0) is 24.7 Å². The second-order valence-electron chi connectivity index (χ2n) is 5.30. The molecule has 0 bridgehead atoms. The van der Waals surface area contributed by atoms with Crippen molar-refractivity contribution in [2.24, 2.45) is 0 Å². The lowest BCUT2D eigenvalue weighted by atomic mass is 10.1. The fourth-order valence-corrected chi connectivity index (χ4v) is 5.83. The van der Waals surface area contributed by atoms with E-state index in [9.17, 15) is 20.4 Å². The van der Waals surface area contributed by atoms with Gasteiger partial charge in [0.2, 0.25) is 0 Å². The van der Waals surface area contributed by atoms with Crippen LogP contribution in [0.3, 0.4) is 0 Å². The smallest absolute Gasteiger partial charge is 0.142 e. The number of aryl methyl sites for hydroxylation is 2. The second kappa shape index (κ2) is 14.4. The van der Waals surface area contributed by atoms with Gasteiger partial charge in [0.1, 0.15) is 11.5 Å². The van der Waals surface area contributed by atoms with Crippen molar-refractivity contribution in [1.29, 1.82) is 0 Å². The van der Waals surface area contributed by atoms with E-state index in [1.54, 1.807) is 57.7 Å². The third-order valence-electron chi connectivity index (χ3n) is 3.70. The van der Waals surface area contributed by atoms with Crippen molar-refractivity contribution in [1.82, 2.24) is 9.97 Å². The number of aliphatic hydroxyl groups excluding tert-OH is 2. The molecule has 7 nitrogen and oxygen atoms in total. The quantitative estimate of drug-likeness (QED) is 0.324. The Balaban J connectivity index is 0. The highest BCUT2D eigenvalue weighted by molar-refractivity contribution is 9.09. The van der Waals surface area contributed by atoms with Gasteiger partial charge in [-0.3, -0.25) is 9.97 Å². The highest BCUT2D eigenvalue weighted by Gasteiger charge is 2.13. The Hall–Kier alpha value is -0.590. The van der Waals surface area contributed by atoms with Gasteiger partial charge >= 0.3 is 0 Å². The monoisotopic (exact) mass is 490 g/mol. The summed E-state index contributed by atoms with van der Waals surface area (Å²) < 4.78 is 0. The SMILES string of the molecule is Cc1ncc(CSSSCc2cnc(C)c(O)c2CO)c(CO)c1O.Cl.Cl.O. The molecule has 0 aliphatic heterocycles. The minimum absolute atomic E-state index is 0. The van der Waals surface area contributed by atoms with Crippen LogP contribution in [0.1, 0.15) is 33.6 Å². The van der Waals surface area contributed by atoms with Crippen molar-refractivity contribution in [2.75, 3.05) is 0 Å². The summed E-state index contributed by atoms with van der Waals surface area (Å²) in [5.41, 5.74) is 3.64. The van der Waals surface area contributed by atoms with Crippen molar-refractivity contribution >= 4 is 56.2 Å². The predicted octanol–water partition coefficient (Wildman–Crippen LogP) is 3.24. The van der Waals surface area contributed by atoms with Gasteiger partial charge in [0.15, 0.2) is 0 Å². The normalized spacial score (nSPS) is 9.86. The molecule has 0 saturated heterocycles. The van der Waals surface area contributed by atoms with E-state index in [2.05, 4.69) is 9.97 Å². The standard InChI is InChI=1S/C16H20N2O4S3.2ClH.H2O/c1-9-15(21)13(5-19)11(3-17-9)7-23-25-24-8-12-4-18-10(2)16(22)14(12)6-20;;;/h3-4,19-22H,5-8H2,1-2H3;2*1H;1H2. The topological polar surface area (TPSA) is 138 Å². The first-order chi connectivity index (χ1) is 12.0. The number of rotatable bonds is 8. The second-order valence-corrected chi connectivity index (χ2v) is 9.53. The van der Waals surface area contributed by atoms with Gasteiger partial charge < -0.3 is 25.9 Å². The van der Waals surface area contributed by atoms with E-state index in [4.69, 9.17) is 0 Å². The van der Waals surface area contributed by atoms with E-state index in [1.807, 2.05) is 0 Å². The fraction of sp³-hybridized carbons (Fsp3) is 0.375. The summed E-state index contributed by atoms with van der Waals surface area (Å²) in [7, 11) is 4.68. The lowest BCUT2D eigenvalue weighted by Crippen LogP contribution is -1.97. The molecular formula is C16H24Cl2N2O5S3. The Kier molecular flexibility index (Phi) is 15.2. The number of aliphatic hydroxyl groups is 2. The summed E-state index contributed by atoms with van der Waals surface area (Å²) in [6, 6.07) is 0. The summed E-state index contributed by atoms with van der Waals surface area (Å²) in [5.74, 6) is 1.29. The van der Waals surface area contributed by atoms with Crippen molar-refractivity contribution in [2.45, 2.75) is 38.6 Å². The maximum Gasteiger partial charge on any atom is 0.142 e. The van der Waals surface area contributed by atoms with Crippen LogP contribution in [0.4, 0.5) is 0 Å². The van der Waals surface area contributed by atoms with Gasteiger partial charge in [-0.2, -0.15) is 0 Å². The third kappa shape index (κ3) is 7.34. The molecule has 0 atom stereocenters. The molecule has 0 amide bonds. The van der Waals surface area contributed by atoms with Crippen LogP contribution in [0.25, 0.3) is 0 Å². The highest BCUT2D eigenvalue weighted by atomic mass is 35.5. The molecular weight excluding hydrogens is 467 g/mol. The van der Waals surface area contributed by atoms with Gasteiger partial charge in [-0.05, 0) is 34.8 Å². The molecule has 2 rings (SSSR count). The van der Waals surface area contributed by atoms with E-state index < -0.39 is 0 Å². The minimum atomic E-state index is -0.225. The molecule has 0 unspecified atom stereocenters. The summed E-state index contributed by atoms with van der Waals surface area (Å²) in [6.07, 6.45) is 3.34. The molecule has 0 aromatic carbocycles. The maximum atomic E-state index is 9.94. The number of hydrogen-bond acceptors (Lipinski definition) is 9. The zero-order valence-electron chi connectivity index (χ0n) is 15.2. The first-order valence-electron chi connectivity index (χ1n) is 7.45. The van der Waals surface area contributed by atoms with Crippen molar-refractivity contribution in [3.63, 3.8) is 0 Å². The van der Waals surface area contributed by atoms with Crippen LogP contribution in [0.5, 0.6) is 11.5 Å². The molecule has 6 N–H and O–H groups in total. The maximum absolute atomic E-state index is 9.94. The predicted molar refractivity (Wildman–Crippen MR) is 121 cm³/mol. The average Bonchev–Trinajstić information content (AvgIpc) is 2.61. The van der Waals surface area contributed by atoms with Gasteiger partial charge in [0, 0.05) is 35.0 Å². The average molecular weight is 491 g/mol. The van der Waals surface area contributed by atoms with E-state index >= 15 is 0 Å². The van der Waals surface area contributed by atoms with Gasteiger partial charge in [-0.25, -0.2) is 0 Å². The van der Waals surface area contributed by atoms with Gasteiger partial charge in [-0.1, -0.05) is 21.6 Å². The summed E-state index contributed by atoms with van der Waals surface area (Å²) >= 11 is 0. The van der Waals surface area contributed by atoms with Gasteiger partial charge in [-0.15, -0.1) is 24.8 Å². The first-order valence-corrected chi connectivity index (χ1v) is 11.3. The van der Waals surface area contributed by atoms with Crippen LogP contribution < -0.4 is 0 Å². The molecule has 0 spiro atoms. The number of nitrogens with zero attached hydrogens (tertiary/aromatic N) is 2. The Morgan fingerprint density at radius 2 is 1.14 bits per heavy atom. The molecule has 0 aliphatic carbocycles. The van der Waals surface area contributed by atoms with Crippen molar-refractivity contribution in [3.05, 3.63) is 46.0 Å². The van der Waals surface area contributed by atoms with Crippen LogP contribution in [0.15, 0.2) is 12.4 Å².